The van der Waals surface area contributed by atoms with Crippen LogP contribution in [0.15, 0.2) is 12.1 Å². The smallest absolute Gasteiger partial charge is 0.305 e. The standard InChI is InChI=1S/C14H18ClNO3/c1-2-18-13(17)4-3-12(16)11-8-10(15)7-9-5-6-19-14(9)11/h7-8,12H,2-6,16H2,1H3. The monoisotopic (exact) mass is 283 g/mol. The van der Waals surface area contributed by atoms with Gasteiger partial charge >= 0.3 is 5.97 Å². The van der Waals surface area contributed by atoms with Crippen LogP contribution in [-0.2, 0) is 16.0 Å². The van der Waals surface area contributed by atoms with E-state index in [2.05, 4.69) is 0 Å². The van der Waals surface area contributed by atoms with Crippen molar-refractivity contribution in [1.29, 1.82) is 0 Å². The number of nitrogens with two attached hydrogens (primary N) is 1. The summed E-state index contributed by atoms with van der Waals surface area (Å²) in [5, 5.41) is 0.658. The van der Waals surface area contributed by atoms with E-state index in [1.807, 2.05) is 12.1 Å². The summed E-state index contributed by atoms with van der Waals surface area (Å²) in [6, 6.07) is 3.46. The average molecular weight is 284 g/mol. The summed E-state index contributed by atoms with van der Waals surface area (Å²) in [6.45, 7) is 2.84. The van der Waals surface area contributed by atoms with Gasteiger partial charge in [-0.25, -0.2) is 0 Å². The molecule has 1 unspecified atom stereocenters. The number of fused-ring (bicyclic) bond motifs is 1. The zero-order chi connectivity index (χ0) is 13.8. The molecule has 0 radical (unpaired) electrons. The molecule has 0 aliphatic carbocycles. The third-order valence-corrected chi connectivity index (χ3v) is 3.36. The summed E-state index contributed by atoms with van der Waals surface area (Å²) in [6.07, 6.45) is 1.68. The van der Waals surface area contributed by atoms with Crippen molar-refractivity contribution >= 4 is 17.6 Å². The van der Waals surface area contributed by atoms with Crippen molar-refractivity contribution in [1.82, 2.24) is 0 Å². The molecule has 1 aromatic rings. The lowest BCUT2D eigenvalue weighted by molar-refractivity contribution is -0.143. The normalized spacial score (nSPS) is 14.7. The highest BCUT2D eigenvalue weighted by Gasteiger charge is 2.22. The second-order valence-corrected chi connectivity index (χ2v) is 4.97. The Labute approximate surface area is 117 Å². The van der Waals surface area contributed by atoms with Gasteiger partial charge in [-0.3, -0.25) is 4.79 Å². The summed E-state index contributed by atoms with van der Waals surface area (Å²) in [5.41, 5.74) is 8.11. The van der Waals surface area contributed by atoms with Gasteiger partial charge in [0.05, 0.1) is 13.2 Å². The Kier molecular flexibility index (Phi) is 4.66. The van der Waals surface area contributed by atoms with E-state index in [0.717, 1.165) is 23.3 Å². The van der Waals surface area contributed by atoms with Crippen LogP contribution in [0.3, 0.4) is 0 Å². The van der Waals surface area contributed by atoms with Crippen LogP contribution < -0.4 is 10.5 Å². The highest BCUT2D eigenvalue weighted by atomic mass is 35.5. The first kappa shape index (κ1) is 14.2. The molecule has 1 atom stereocenters. The van der Waals surface area contributed by atoms with Gasteiger partial charge in [-0.1, -0.05) is 11.6 Å². The van der Waals surface area contributed by atoms with Crippen molar-refractivity contribution in [2.45, 2.75) is 32.2 Å². The SMILES string of the molecule is CCOC(=O)CCC(N)c1cc(Cl)cc2c1OCC2. The molecule has 0 spiro atoms. The first-order valence-electron chi connectivity index (χ1n) is 6.48. The van der Waals surface area contributed by atoms with Crippen molar-refractivity contribution in [2.24, 2.45) is 5.73 Å². The van der Waals surface area contributed by atoms with Crippen LogP contribution in [-0.4, -0.2) is 19.2 Å². The number of carbonyl (C=O) groups is 1. The number of rotatable bonds is 5. The van der Waals surface area contributed by atoms with E-state index < -0.39 is 0 Å². The van der Waals surface area contributed by atoms with E-state index in [1.165, 1.54) is 0 Å². The van der Waals surface area contributed by atoms with Crippen LogP contribution in [0.1, 0.15) is 36.9 Å². The Hall–Kier alpha value is -1.26. The minimum atomic E-state index is -0.269. The summed E-state index contributed by atoms with van der Waals surface area (Å²) >= 11 is 6.08. The van der Waals surface area contributed by atoms with E-state index in [9.17, 15) is 4.79 Å². The first-order valence-corrected chi connectivity index (χ1v) is 6.86. The molecule has 0 amide bonds. The number of hydrogen-bond donors (Lipinski definition) is 1. The van der Waals surface area contributed by atoms with Gasteiger partial charge in [0.1, 0.15) is 5.75 Å². The van der Waals surface area contributed by atoms with Crippen LogP contribution in [0.4, 0.5) is 0 Å². The van der Waals surface area contributed by atoms with Gasteiger partial charge in [-0.15, -0.1) is 0 Å². The van der Waals surface area contributed by atoms with Crippen LogP contribution in [0.25, 0.3) is 0 Å². The van der Waals surface area contributed by atoms with Gasteiger partial charge in [-0.05, 0) is 31.0 Å². The van der Waals surface area contributed by atoms with Crippen LogP contribution in [0.2, 0.25) is 5.02 Å². The molecular formula is C14H18ClNO3. The van der Waals surface area contributed by atoms with Gasteiger partial charge < -0.3 is 15.2 Å². The molecule has 0 bridgehead atoms. The maximum absolute atomic E-state index is 11.3. The summed E-state index contributed by atoms with van der Waals surface area (Å²) in [5.74, 6) is 0.610. The number of hydrogen-bond acceptors (Lipinski definition) is 4. The molecule has 1 aliphatic rings. The van der Waals surface area contributed by atoms with E-state index in [1.54, 1.807) is 6.92 Å². The van der Waals surface area contributed by atoms with Crippen molar-refractivity contribution in [3.8, 4) is 5.75 Å². The Morgan fingerprint density at radius 3 is 3.11 bits per heavy atom. The molecule has 5 heteroatoms. The number of benzene rings is 1. The molecule has 2 N–H and O–H groups in total. The van der Waals surface area contributed by atoms with E-state index in [4.69, 9.17) is 26.8 Å². The second kappa shape index (κ2) is 6.26. The Morgan fingerprint density at radius 2 is 2.37 bits per heavy atom. The molecule has 19 heavy (non-hydrogen) atoms. The lowest BCUT2D eigenvalue weighted by atomic mass is 9.99. The lowest BCUT2D eigenvalue weighted by Crippen LogP contribution is -2.14. The molecule has 1 aliphatic heterocycles. The summed E-state index contributed by atoms with van der Waals surface area (Å²) in [4.78, 5) is 11.3. The molecular weight excluding hydrogens is 266 g/mol. The number of carbonyl (C=O) groups excluding carboxylic acids is 1. The second-order valence-electron chi connectivity index (χ2n) is 4.53. The van der Waals surface area contributed by atoms with Crippen molar-refractivity contribution < 1.29 is 14.3 Å². The topological polar surface area (TPSA) is 61.5 Å². The van der Waals surface area contributed by atoms with E-state index in [0.29, 0.717) is 31.1 Å². The fraction of sp³-hybridized carbons (Fsp3) is 0.500. The lowest BCUT2D eigenvalue weighted by Gasteiger charge is -2.15. The average Bonchev–Trinajstić information content (AvgIpc) is 2.83. The van der Waals surface area contributed by atoms with Gasteiger partial charge in [0, 0.05) is 29.5 Å². The molecule has 104 valence electrons. The Balaban J connectivity index is 2.07. The van der Waals surface area contributed by atoms with Crippen molar-refractivity contribution in [3.05, 3.63) is 28.3 Å². The molecule has 4 nitrogen and oxygen atoms in total. The van der Waals surface area contributed by atoms with Crippen molar-refractivity contribution in [3.63, 3.8) is 0 Å². The summed E-state index contributed by atoms with van der Waals surface area (Å²) < 4.78 is 10.5. The molecule has 0 saturated carbocycles. The molecule has 0 saturated heterocycles. The highest BCUT2D eigenvalue weighted by molar-refractivity contribution is 6.30. The first-order chi connectivity index (χ1) is 9.11. The quantitative estimate of drug-likeness (QED) is 0.844. The molecule has 2 rings (SSSR count). The van der Waals surface area contributed by atoms with Crippen LogP contribution in [0.5, 0.6) is 5.75 Å². The largest absolute Gasteiger partial charge is 0.493 e. The number of halogens is 1. The maximum Gasteiger partial charge on any atom is 0.305 e. The fourth-order valence-electron chi connectivity index (χ4n) is 2.24. The minimum absolute atomic E-state index is 0.224. The number of ether oxygens (including phenoxy) is 2. The third-order valence-electron chi connectivity index (χ3n) is 3.14. The molecule has 1 aromatic carbocycles. The zero-order valence-corrected chi connectivity index (χ0v) is 11.7. The Morgan fingerprint density at radius 1 is 1.58 bits per heavy atom. The van der Waals surface area contributed by atoms with E-state index >= 15 is 0 Å². The Bertz CT molecular complexity index is 476. The van der Waals surface area contributed by atoms with Crippen molar-refractivity contribution in [2.75, 3.05) is 13.2 Å². The molecule has 1 heterocycles. The molecule has 0 aromatic heterocycles. The van der Waals surface area contributed by atoms with E-state index in [-0.39, 0.29) is 12.0 Å². The zero-order valence-electron chi connectivity index (χ0n) is 10.9. The third kappa shape index (κ3) is 3.39. The van der Waals surface area contributed by atoms with Crippen LogP contribution in [0, 0.1) is 0 Å². The predicted molar refractivity (Wildman–Crippen MR) is 73.4 cm³/mol. The maximum atomic E-state index is 11.3. The number of esters is 1. The van der Waals surface area contributed by atoms with Crippen LogP contribution >= 0.6 is 11.6 Å². The van der Waals surface area contributed by atoms with Gasteiger partial charge in [0.15, 0.2) is 0 Å². The van der Waals surface area contributed by atoms with Gasteiger partial charge in [0.25, 0.3) is 0 Å². The molecule has 0 fully saturated rings. The highest BCUT2D eigenvalue weighted by Crippen LogP contribution is 2.36. The van der Waals surface area contributed by atoms with Gasteiger partial charge in [-0.2, -0.15) is 0 Å². The fourth-order valence-corrected chi connectivity index (χ4v) is 2.48. The predicted octanol–water partition coefficient (Wildman–Crippen LogP) is 2.62. The summed E-state index contributed by atoms with van der Waals surface area (Å²) in [7, 11) is 0. The minimum Gasteiger partial charge on any atom is -0.493 e. The van der Waals surface area contributed by atoms with Gasteiger partial charge in [0.2, 0.25) is 0 Å².